The van der Waals surface area contributed by atoms with Crippen LogP contribution in [0.4, 0.5) is 5.69 Å². The van der Waals surface area contributed by atoms with Crippen molar-refractivity contribution in [2.45, 2.75) is 32.3 Å². The molecule has 1 amide bonds. The van der Waals surface area contributed by atoms with Gasteiger partial charge in [-0.2, -0.15) is 0 Å². The third-order valence-corrected chi connectivity index (χ3v) is 4.37. The summed E-state index contributed by atoms with van der Waals surface area (Å²) < 4.78 is 5.67. The number of rotatable bonds is 5. The lowest BCUT2D eigenvalue weighted by Crippen LogP contribution is -2.21. The smallest absolute Gasteiger partial charge is 0.262 e. The van der Waals surface area contributed by atoms with Crippen molar-refractivity contribution in [3.05, 3.63) is 59.2 Å². The number of benzene rings is 2. The van der Waals surface area contributed by atoms with Crippen LogP contribution in [0.3, 0.4) is 0 Å². The fourth-order valence-electron chi connectivity index (χ4n) is 3.05. The number of ketones is 1. The summed E-state index contributed by atoms with van der Waals surface area (Å²) in [5.41, 5.74) is 3.09. The van der Waals surface area contributed by atoms with Crippen LogP contribution in [0.5, 0.6) is 5.75 Å². The lowest BCUT2D eigenvalue weighted by molar-refractivity contribution is -0.118. The quantitative estimate of drug-likeness (QED) is 0.820. The minimum atomic E-state index is -0.457. The van der Waals surface area contributed by atoms with Gasteiger partial charge in [0.05, 0.1) is 6.10 Å². The fourth-order valence-corrected chi connectivity index (χ4v) is 3.05. The molecule has 0 saturated carbocycles. The predicted molar refractivity (Wildman–Crippen MR) is 94.9 cm³/mol. The van der Waals surface area contributed by atoms with Crippen molar-refractivity contribution in [1.29, 1.82) is 0 Å². The number of hydrogen-bond donors (Lipinski definition) is 2. The number of aliphatic hydroxyl groups is 1. The third kappa shape index (κ3) is 4.06. The van der Waals surface area contributed by atoms with E-state index in [0.29, 0.717) is 17.0 Å². The predicted octanol–water partition coefficient (Wildman–Crippen LogP) is 3.28. The van der Waals surface area contributed by atoms with Gasteiger partial charge in [-0.1, -0.05) is 12.1 Å². The Balaban J connectivity index is 1.61. The Morgan fingerprint density at radius 3 is 2.68 bits per heavy atom. The van der Waals surface area contributed by atoms with Crippen molar-refractivity contribution in [2.75, 3.05) is 11.9 Å². The molecule has 0 aromatic heterocycles. The number of anilines is 1. The zero-order valence-corrected chi connectivity index (χ0v) is 14.1. The number of amides is 1. The van der Waals surface area contributed by atoms with Crippen molar-refractivity contribution < 1.29 is 19.4 Å². The van der Waals surface area contributed by atoms with Crippen LogP contribution in [-0.4, -0.2) is 23.4 Å². The van der Waals surface area contributed by atoms with Gasteiger partial charge in [-0.3, -0.25) is 9.59 Å². The molecule has 0 radical (unpaired) electrons. The van der Waals surface area contributed by atoms with Gasteiger partial charge in [-0.05, 0) is 67.6 Å². The van der Waals surface area contributed by atoms with E-state index in [1.807, 2.05) is 18.2 Å². The molecule has 0 spiro atoms. The molecule has 5 heteroatoms. The second kappa shape index (κ2) is 7.49. The normalized spacial score (nSPS) is 16.0. The first-order valence-corrected chi connectivity index (χ1v) is 8.38. The van der Waals surface area contributed by atoms with E-state index < -0.39 is 6.10 Å². The highest BCUT2D eigenvalue weighted by atomic mass is 16.5. The summed E-state index contributed by atoms with van der Waals surface area (Å²) in [6, 6.07) is 12.3. The van der Waals surface area contributed by atoms with E-state index in [0.717, 1.165) is 30.4 Å². The highest BCUT2D eigenvalue weighted by Crippen LogP contribution is 2.35. The van der Waals surface area contributed by atoms with E-state index in [-0.39, 0.29) is 18.3 Å². The van der Waals surface area contributed by atoms with E-state index in [9.17, 15) is 14.7 Å². The maximum absolute atomic E-state index is 12.1. The highest BCUT2D eigenvalue weighted by Gasteiger charge is 2.21. The molecule has 5 nitrogen and oxygen atoms in total. The molecule has 1 aliphatic carbocycles. The first-order valence-electron chi connectivity index (χ1n) is 8.38. The van der Waals surface area contributed by atoms with Gasteiger partial charge in [0.2, 0.25) is 0 Å². The summed E-state index contributed by atoms with van der Waals surface area (Å²) >= 11 is 0. The summed E-state index contributed by atoms with van der Waals surface area (Å²) in [6.45, 7) is 1.39. The Hall–Kier alpha value is -2.66. The summed E-state index contributed by atoms with van der Waals surface area (Å²) in [4.78, 5) is 23.3. The largest absolute Gasteiger partial charge is 0.483 e. The number of carbonyl (C=O) groups excluding carboxylic acids is 2. The zero-order chi connectivity index (χ0) is 17.8. The van der Waals surface area contributed by atoms with Crippen LogP contribution in [0.1, 0.15) is 47.4 Å². The second-order valence-electron chi connectivity index (χ2n) is 6.20. The highest BCUT2D eigenvalue weighted by molar-refractivity contribution is 5.95. The van der Waals surface area contributed by atoms with E-state index in [1.165, 1.54) is 6.92 Å². The molecule has 3 rings (SSSR count). The van der Waals surface area contributed by atoms with Crippen LogP contribution in [0.15, 0.2) is 42.5 Å². The average Bonchev–Trinajstić information content (AvgIpc) is 2.61. The molecule has 2 N–H and O–H groups in total. The van der Waals surface area contributed by atoms with Gasteiger partial charge in [0.25, 0.3) is 5.91 Å². The zero-order valence-electron chi connectivity index (χ0n) is 14.1. The van der Waals surface area contributed by atoms with E-state index in [2.05, 4.69) is 5.32 Å². The summed E-state index contributed by atoms with van der Waals surface area (Å²) in [5.74, 6) is 0.361. The first-order chi connectivity index (χ1) is 12.0. The Bertz CT molecular complexity index is 783. The maximum Gasteiger partial charge on any atom is 0.262 e. The average molecular weight is 339 g/mol. The summed E-state index contributed by atoms with van der Waals surface area (Å²) in [6.07, 6.45) is 2.05. The molecule has 2 aromatic carbocycles. The molecular weight excluding hydrogens is 318 g/mol. The molecule has 1 atom stereocenters. The minimum Gasteiger partial charge on any atom is -0.483 e. The lowest BCUT2D eigenvalue weighted by atomic mass is 9.89. The lowest BCUT2D eigenvalue weighted by Gasteiger charge is -2.23. The molecule has 1 aliphatic rings. The fraction of sp³-hybridized carbons (Fsp3) is 0.300. The van der Waals surface area contributed by atoms with Crippen molar-refractivity contribution in [3.8, 4) is 5.75 Å². The molecule has 25 heavy (non-hydrogen) atoms. The van der Waals surface area contributed by atoms with Crippen LogP contribution >= 0.6 is 0 Å². The molecule has 0 saturated heterocycles. The molecular formula is C20H21NO4. The summed E-state index contributed by atoms with van der Waals surface area (Å²) in [5, 5.41) is 12.8. The van der Waals surface area contributed by atoms with Gasteiger partial charge in [-0.25, -0.2) is 0 Å². The molecule has 0 heterocycles. The van der Waals surface area contributed by atoms with Crippen molar-refractivity contribution >= 4 is 17.4 Å². The van der Waals surface area contributed by atoms with Crippen LogP contribution in [0, 0.1) is 0 Å². The van der Waals surface area contributed by atoms with E-state index >= 15 is 0 Å². The molecule has 130 valence electrons. The van der Waals surface area contributed by atoms with Gasteiger partial charge in [0.15, 0.2) is 12.4 Å². The number of nitrogens with one attached hydrogen (secondary N) is 1. The van der Waals surface area contributed by atoms with E-state index in [4.69, 9.17) is 4.74 Å². The van der Waals surface area contributed by atoms with Crippen LogP contribution < -0.4 is 10.1 Å². The second-order valence-corrected chi connectivity index (χ2v) is 6.20. The molecule has 1 unspecified atom stereocenters. The van der Waals surface area contributed by atoms with Crippen LogP contribution in [-0.2, 0) is 11.2 Å². The maximum atomic E-state index is 12.1. The topological polar surface area (TPSA) is 75.6 Å². The number of fused-ring (bicyclic) bond motifs is 1. The number of aliphatic hydroxyl groups excluding tert-OH is 1. The van der Waals surface area contributed by atoms with Crippen molar-refractivity contribution in [3.63, 3.8) is 0 Å². The van der Waals surface area contributed by atoms with Crippen LogP contribution in [0.2, 0.25) is 0 Å². The Morgan fingerprint density at radius 2 is 1.96 bits per heavy atom. The molecule has 0 bridgehead atoms. The van der Waals surface area contributed by atoms with E-state index in [1.54, 1.807) is 24.3 Å². The number of carbonyl (C=O) groups is 2. The van der Waals surface area contributed by atoms with Gasteiger partial charge >= 0.3 is 0 Å². The Kier molecular flexibility index (Phi) is 5.14. The molecule has 2 aromatic rings. The first kappa shape index (κ1) is 17.2. The van der Waals surface area contributed by atoms with Crippen molar-refractivity contribution in [2.24, 2.45) is 0 Å². The number of Topliss-reactive ketones (excluding diaryl/α,β-unsaturated/α-hetero) is 1. The van der Waals surface area contributed by atoms with Gasteiger partial charge in [0, 0.05) is 11.3 Å². The van der Waals surface area contributed by atoms with Crippen LogP contribution in [0.25, 0.3) is 0 Å². The SMILES string of the molecule is CC(=O)c1ccc(NC(=O)COc2cccc3c2CCCC3O)cc1. The summed E-state index contributed by atoms with van der Waals surface area (Å²) in [7, 11) is 0. The Morgan fingerprint density at radius 1 is 1.20 bits per heavy atom. The monoisotopic (exact) mass is 339 g/mol. The molecule has 0 fully saturated rings. The third-order valence-electron chi connectivity index (χ3n) is 4.37. The van der Waals surface area contributed by atoms with Gasteiger partial charge in [0.1, 0.15) is 5.75 Å². The van der Waals surface area contributed by atoms with Crippen molar-refractivity contribution in [1.82, 2.24) is 0 Å². The minimum absolute atomic E-state index is 0.0164. The van der Waals surface area contributed by atoms with Gasteiger partial charge in [-0.15, -0.1) is 0 Å². The Labute approximate surface area is 146 Å². The van der Waals surface area contributed by atoms with Gasteiger partial charge < -0.3 is 15.2 Å². The number of hydrogen-bond acceptors (Lipinski definition) is 4. The number of ether oxygens (including phenoxy) is 1. The standard InChI is InChI=1S/C20H21NO4/c1-13(22)14-8-10-15(11-9-14)21-20(24)12-25-19-7-3-4-16-17(19)5-2-6-18(16)23/h3-4,7-11,18,23H,2,5-6,12H2,1H3,(H,21,24). The molecule has 0 aliphatic heterocycles.